The van der Waals surface area contributed by atoms with Crippen molar-refractivity contribution in [2.75, 3.05) is 50.8 Å². The summed E-state index contributed by atoms with van der Waals surface area (Å²) in [6.45, 7) is 2.07. The number of carbonyl (C=O) groups excluding carboxylic acids is 2. The van der Waals surface area contributed by atoms with Crippen molar-refractivity contribution in [2.45, 2.75) is 50.0 Å². The minimum Gasteiger partial charge on any atom is -0.487 e. The van der Waals surface area contributed by atoms with Crippen molar-refractivity contribution in [2.24, 2.45) is 11.3 Å². The van der Waals surface area contributed by atoms with Crippen LogP contribution in [0.4, 0.5) is 32.4 Å². The van der Waals surface area contributed by atoms with E-state index in [2.05, 4.69) is 0 Å². The SMILES string of the molecule is O=C1CO[C@H]2CCN(C(=O)N3CC(Oc4ccc(C(F)(F)F)c(N5CC6(C5)CC(F)(F)C6)c4)C3)C[C@H]2C1. The molecule has 2 atom stereocenters. The van der Waals surface area contributed by atoms with Crippen molar-refractivity contribution >= 4 is 17.5 Å². The molecule has 4 heterocycles. The molecule has 0 N–H and O–H groups in total. The number of hydrogen-bond donors (Lipinski definition) is 0. The minimum absolute atomic E-state index is 0.00431. The highest BCUT2D eigenvalue weighted by atomic mass is 19.4. The number of anilines is 1. The van der Waals surface area contributed by atoms with Crippen LogP contribution in [-0.4, -0.2) is 85.6 Å². The summed E-state index contributed by atoms with van der Waals surface area (Å²) in [7, 11) is 0. The lowest BCUT2D eigenvalue weighted by atomic mass is 9.61. The number of amides is 2. The summed E-state index contributed by atoms with van der Waals surface area (Å²) in [5, 5.41) is 0. The molecule has 0 radical (unpaired) electrons. The molecule has 5 fully saturated rings. The lowest BCUT2D eigenvalue weighted by Crippen LogP contribution is -2.66. The Labute approximate surface area is 210 Å². The number of carbonyl (C=O) groups is 2. The van der Waals surface area contributed by atoms with Crippen LogP contribution in [0.1, 0.15) is 31.2 Å². The number of benzene rings is 1. The molecule has 0 aromatic heterocycles. The van der Waals surface area contributed by atoms with Crippen LogP contribution in [0.15, 0.2) is 18.2 Å². The first-order valence-corrected chi connectivity index (χ1v) is 12.6. The third-order valence-corrected chi connectivity index (χ3v) is 8.24. The number of urea groups is 1. The van der Waals surface area contributed by atoms with E-state index in [1.165, 1.54) is 17.0 Å². The molecule has 2 amide bonds. The van der Waals surface area contributed by atoms with Gasteiger partial charge in [0.2, 0.25) is 5.92 Å². The first-order valence-electron chi connectivity index (χ1n) is 12.6. The third kappa shape index (κ3) is 4.61. The fraction of sp³-hybridized carbons (Fsp3) is 0.680. The quantitative estimate of drug-likeness (QED) is 0.558. The van der Waals surface area contributed by atoms with E-state index in [0.717, 1.165) is 6.07 Å². The van der Waals surface area contributed by atoms with Gasteiger partial charge in [-0.05, 0) is 18.6 Å². The zero-order valence-electron chi connectivity index (χ0n) is 20.1. The number of likely N-dealkylation sites (tertiary alicyclic amines) is 2. The molecule has 6 rings (SSSR count). The lowest BCUT2D eigenvalue weighted by Gasteiger charge is -2.59. The van der Waals surface area contributed by atoms with Crippen molar-refractivity contribution in [3.63, 3.8) is 0 Å². The molecule has 0 bridgehead atoms. The van der Waals surface area contributed by atoms with E-state index in [4.69, 9.17) is 9.47 Å². The van der Waals surface area contributed by atoms with Gasteiger partial charge in [-0.1, -0.05) is 0 Å². The fourth-order valence-electron chi connectivity index (χ4n) is 6.50. The Bertz CT molecular complexity index is 1090. The maximum atomic E-state index is 13.6. The normalized spacial score (nSPS) is 28.8. The molecule has 7 nitrogen and oxygen atoms in total. The largest absolute Gasteiger partial charge is 0.487 e. The van der Waals surface area contributed by atoms with Gasteiger partial charge in [0.1, 0.15) is 18.5 Å². The number of piperidine rings is 1. The standard InChI is InChI=1S/C25H28F5N3O4/c26-24(27)11-23(12-24)13-33(14-23)20-6-17(1-2-19(20)25(28,29)30)37-18-8-32(9-18)22(35)31-4-3-21-15(7-31)5-16(34)10-36-21/h1-2,6,15,18,21H,3-5,7-14H2/t15-,21+/m1/s1. The van der Waals surface area contributed by atoms with Gasteiger partial charge in [0, 0.05) is 62.8 Å². The number of ketones is 1. The van der Waals surface area contributed by atoms with Crippen molar-refractivity contribution in [3.05, 3.63) is 23.8 Å². The second-order valence-electron chi connectivity index (χ2n) is 11.3. The number of hydrogen-bond acceptors (Lipinski definition) is 5. The smallest absolute Gasteiger partial charge is 0.418 e. The average molecular weight is 530 g/mol. The fourth-order valence-corrected chi connectivity index (χ4v) is 6.50. The number of fused-ring (bicyclic) bond motifs is 1. The Kier molecular flexibility index (Phi) is 5.63. The van der Waals surface area contributed by atoms with Crippen molar-refractivity contribution in [1.82, 2.24) is 9.80 Å². The molecule has 4 saturated heterocycles. The van der Waals surface area contributed by atoms with Crippen molar-refractivity contribution < 1.29 is 41.0 Å². The number of rotatable bonds is 3. The van der Waals surface area contributed by atoms with Gasteiger partial charge in [0.25, 0.3) is 0 Å². The van der Waals surface area contributed by atoms with E-state index in [0.29, 0.717) is 39.0 Å². The maximum Gasteiger partial charge on any atom is 0.418 e. The van der Waals surface area contributed by atoms with Gasteiger partial charge in [-0.25, -0.2) is 13.6 Å². The third-order valence-electron chi connectivity index (χ3n) is 8.24. The van der Waals surface area contributed by atoms with Gasteiger partial charge in [-0.2, -0.15) is 13.2 Å². The van der Waals surface area contributed by atoms with Crippen molar-refractivity contribution in [3.8, 4) is 5.75 Å². The van der Waals surface area contributed by atoms with Gasteiger partial charge in [0.05, 0.1) is 30.4 Å². The first-order chi connectivity index (χ1) is 17.4. The van der Waals surface area contributed by atoms with E-state index in [1.807, 2.05) is 0 Å². The van der Waals surface area contributed by atoms with Crippen LogP contribution in [0.3, 0.4) is 0 Å². The summed E-state index contributed by atoms with van der Waals surface area (Å²) in [4.78, 5) is 29.4. The average Bonchev–Trinajstić information content (AvgIpc) is 2.76. The van der Waals surface area contributed by atoms with Gasteiger partial charge in [-0.15, -0.1) is 0 Å². The number of ether oxygens (including phenoxy) is 2. The Morgan fingerprint density at radius 2 is 1.81 bits per heavy atom. The summed E-state index contributed by atoms with van der Waals surface area (Å²) < 4.78 is 79.0. The predicted octanol–water partition coefficient (Wildman–Crippen LogP) is 3.80. The molecule has 1 aliphatic carbocycles. The molecule has 202 valence electrons. The van der Waals surface area contributed by atoms with Crippen LogP contribution < -0.4 is 9.64 Å². The number of nitrogens with zero attached hydrogens (tertiary/aromatic N) is 3. The molecular formula is C25H28F5N3O4. The predicted molar refractivity (Wildman–Crippen MR) is 121 cm³/mol. The van der Waals surface area contributed by atoms with E-state index < -0.39 is 23.1 Å². The summed E-state index contributed by atoms with van der Waals surface area (Å²) in [5.41, 5.74) is -1.49. The van der Waals surface area contributed by atoms with Crippen LogP contribution in [-0.2, 0) is 15.7 Å². The molecule has 1 aromatic rings. The Morgan fingerprint density at radius 1 is 1.08 bits per heavy atom. The van der Waals surface area contributed by atoms with Crippen molar-refractivity contribution in [1.29, 1.82) is 0 Å². The minimum atomic E-state index is -4.58. The molecule has 1 spiro atoms. The number of halogens is 5. The summed E-state index contributed by atoms with van der Waals surface area (Å²) in [6.07, 6.45) is -4.42. The Balaban J connectivity index is 1.06. The molecule has 12 heteroatoms. The van der Waals surface area contributed by atoms with Crippen LogP contribution in [0.25, 0.3) is 0 Å². The zero-order chi connectivity index (χ0) is 26.2. The first kappa shape index (κ1) is 24.7. The van der Waals surface area contributed by atoms with Crippen LogP contribution >= 0.6 is 0 Å². The maximum absolute atomic E-state index is 13.6. The molecule has 0 unspecified atom stereocenters. The van der Waals surface area contributed by atoms with E-state index >= 15 is 0 Å². The zero-order valence-corrected chi connectivity index (χ0v) is 20.1. The monoisotopic (exact) mass is 529 g/mol. The summed E-state index contributed by atoms with van der Waals surface area (Å²) in [5.74, 6) is -2.43. The molecule has 5 aliphatic rings. The highest BCUT2D eigenvalue weighted by Gasteiger charge is 2.62. The molecule has 4 aliphatic heterocycles. The van der Waals surface area contributed by atoms with E-state index in [9.17, 15) is 31.5 Å². The molecule has 37 heavy (non-hydrogen) atoms. The van der Waals surface area contributed by atoms with Crippen LogP contribution in [0.2, 0.25) is 0 Å². The van der Waals surface area contributed by atoms with Gasteiger partial charge in [0.15, 0.2) is 5.78 Å². The van der Waals surface area contributed by atoms with Gasteiger partial charge >= 0.3 is 12.2 Å². The number of alkyl halides is 5. The second-order valence-corrected chi connectivity index (χ2v) is 11.3. The highest BCUT2D eigenvalue weighted by molar-refractivity contribution is 5.81. The molecule has 1 saturated carbocycles. The van der Waals surface area contributed by atoms with Crippen LogP contribution in [0.5, 0.6) is 5.75 Å². The Morgan fingerprint density at radius 3 is 2.49 bits per heavy atom. The second kappa shape index (κ2) is 8.44. The number of Topliss-reactive ketones (excluding diaryl/α,β-unsaturated/α-hetero) is 1. The van der Waals surface area contributed by atoms with Gasteiger partial charge in [-0.3, -0.25) is 4.79 Å². The van der Waals surface area contributed by atoms with E-state index in [-0.39, 0.29) is 73.9 Å². The topological polar surface area (TPSA) is 62.3 Å². The lowest BCUT2D eigenvalue weighted by molar-refractivity contribution is -0.171. The summed E-state index contributed by atoms with van der Waals surface area (Å²) >= 11 is 0. The summed E-state index contributed by atoms with van der Waals surface area (Å²) in [6, 6.07) is 3.40. The highest BCUT2D eigenvalue weighted by Crippen LogP contribution is 2.58. The Hall–Kier alpha value is -2.63. The van der Waals surface area contributed by atoms with Crippen LogP contribution in [0, 0.1) is 11.3 Å². The molecular weight excluding hydrogens is 501 g/mol. The molecule has 1 aromatic carbocycles. The van der Waals surface area contributed by atoms with E-state index in [1.54, 1.807) is 9.80 Å². The van der Waals surface area contributed by atoms with Gasteiger partial charge < -0.3 is 24.2 Å².